The van der Waals surface area contributed by atoms with Crippen LogP contribution in [0, 0.1) is 0 Å². The van der Waals surface area contributed by atoms with Crippen LogP contribution in [0.5, 0.6) is 5.88 Å². The molecular formula is C20H32ClN3O2Si. The lowest BCUT2D eigenvalue weighted by Crippen LogP contribution is -2.30. The predicted octanol–water partition coefficient (Wildman–Crippen LogP) is 5.00. The SMILES string of the molecule is COc1ncc(Cl)c2cc(CN3CCCCC3)n(COCC[Si](C)(C)C)c12. The summed E-state index contributed by atoms with van der Waals surface area (Å²) in [7, 11) is 0.547. The van der Waals surface area contributed by atoms with Gasteiger partial charge in [0.2, 0.25) is 5.88 Å². The Balaban J connectivity index is 1.88. The van der Waals surface area contributed by atoms with Gasteiger partial charge in [0.15, 0.2) is 0 Å². The summed E-state index contributed by atoms with van der Waals surface area (Å²) >= 11 is 6.45. The lowest BCUT2D eigenvalue weighted by molar-refractivity contribution is 0.0855. The van der Waals surface area contributed by atoms with Crippen molar-refractivity contribution in [2.24, 2.45) is 0 Å². The van der Waals surface area contributed by atoms with E-state index in [0.717, 1.165) is 43.2 Å². The molecule has 0 radical (unpaired) electrons. The van der Waals surface area contributed by atoms with E-state index in [1.165, 1.54) is 25.0 Å². The summed E-state index contributed by atoms with van der Waals surface area (Å²) in [6.45, 7) is 11.6. The summed E-state index contributed by atoms with van der Waals surface area (Å²) in [6, 6.07) is 3.34. The molecule has 1 saturated heterocycles. The lowest BCUT2D eigenvalue weighted by Gasteiger charge is -2.27. The second kappa shape index (κ2) is 8.95. The third-order valence-electron chi connectivity index (χ3n) is 5.18. The van der Waals surface area contributed by atoms with Gasteiger partial charge in [-0.3, -0.25) is 4.90 Å². The first-order chi connectivity index (χ1) is 12.9. The van der Waals surface area contributed by atoms with Gasteiger partial charge in [-0.1, -0.05) is 37.7 Å². The van der Waals surface area contributed by atoms with Crippen molar-refractivity contribution in [3.05, 3.63) is 23.0 Å². The maximum atomic E-state index is 6.45. The molecule has 27 heavy (non-hydrogen) atoms. The van der Waals surface area contributed by atoms with E-state index in [1.54, 1.807) is 13.3 Å². The van der Waals surface area contributed by atoms with E-state index < -0.39 is 8.07 Å². The molecule has 0 N–H and O–H groups in total. The summed E-state index contributed by atoms with van der Waals surface area (Å²) in [6.07, 6.45) is 5.56. The number of aromatic nitrogens is 2. The second-order valence-corrected chi connectivity index (χ2v) is 14.7. The van der Waals surface area contributed by atoms with E-state index in [1.807, 2.05) is 0 Å². The highest BCUT2D eigenvalue weighted by molar-refractivity contribution is 6.76. The van der Waals surface area contributed by atoms with Gasteiger partial charge in [0, 0.05) is 32.3 Å². The van der Waals surface area contributed by atoms with Crippen molar-refractivity contribution in [1.29, 1.82) is 0 Å². The lowest BCUT2D eigenvalue weighted by atomic mass is 10.1. The number of likely N-dealkylation sites (tertiary alicyclic amines) is 1. The predicted molar refractivity (Wildman–Crippen MR) is 115 cm³/mol. The maximum absolute atomic E-state index is 6.45. The van der Waals surface area contributed by atoms with Crippen molar-refractivity contribution in [1.82, 2.24) is 14.5 Å². The minimum Gasteiger partial charge on any atom is -0.479 e. The van der Waals surface area contributed by atoms with Gasteiger partial charge in [-0.05, 0) is 38.0 Å². The van der Waals surface area contributed by atoms with Gasteiger partial charge < -0.3 is 14.0 Å². The Hall–Kier alpha value is -1.08. The average Bonchev–Trinajstić information content (AvgIpc) is 2.98. The van der Waals surface area contributed by atoms with Crippen molar-refractivity contribution < 1.29 is 9.47 Å². The number of ether oxygens (including phenoxy) is 2. The number of nitrogens with zero attached hydrogens (tertiary/aromatic N) is 3. The fourth-order valence-corrected chi connectivity index (χ4v) is 4.52. The Labute approximate surface area is 168 Å². The van der Waals surface area contributed by atoms with Crippen LogP contribution in [-0.2, 0) is 18.0 Å². The Bertz CT molecular complexity index is 767. The zero-order chi connectivity index (χ0) is 19.4. The summed E-state index contributed by atoms with van der Waals surface area (Å²) in [5, 5.41) is 1.65. The minimum atomic E-state index is -1.11. The highest BCUT2D eigenvalue weighted by Gasteiger charge is 2.20. The van der Waals surface area contributed by atoms with E-state index >= 15 is 0 Å². The fraction of sp³-hybridized carbons (Fsp3) is 0.650. The molecule has 1 aliphatic heterocycles. The van der Waals surface area contributed by atoms with E-state index in [4.69, 9.17) is 21.1 Å². The van der Waals surface area contributed by atoms with Crippen molar-refractivity contribution in [2.45, 2.75) is 58.2 Å². The van der Waals surface area contributed by atoms with Gasteiger partial charge in [-0.15, -0.1) is 0 Å². The fourth-order valence-electron chi connectivity index (χ4n) is 3.57. The van der Waals surface area contributed by atoms with Crippen molar-refractivity contribution in [3.63, 3.8) is 0 Å². The molecule has 1 fully saturated rings. The molecule has 150 valence electrons. The zero-order valence-electron chi connectivity index (χ0n) is 17.1. The van der Waals surface area contributed by atoms with E-state index in [0.29, 0.717) is 17.6 Å². The summed E-state index contributed by atoms with van der Waals surface area (Å²) < 4.78 is 13.8. The minimum absolute atomic E-state index is 0.509. The average molecular weight is 410 g/mol. The topological polar surface area (TPSA) is 39.5 Å². The normalized spacial score (nSPS) is 16.2. The molecule has 1 aliphatic rings. The van der Waals surface area contributed by atoms with E-state index in [9.17, 15) is 0 Å². The Morgan fingerprint density at radius 2 is 1.93 bits per heavy atom. The number of fused-ring (bicyclic) bond motifs is 1. The van der Waals surface area contributed by atoms with Gasteiger partial charge >= 0.3 is 0 Å². The standard InChI is InChI=1S/C20H32ClN3O2Si/c1-25-20-19-17(18(21)13-22-20)12-16(14-23-8-6-5-7-9-23)24(19)15-26-10-11-27(2,3)4/h12-13H,5-11,14-15H2,1-4H3. The molecule has 0 saturated carbocycles. The summed E-state index contributed by atoms with van der Waals surface area (Å²) in [4.78, 5) is 6.89. The largest absolute Gasteiger partial charge is 0.479 e. The maximum Gasteiger partial charge on any atom is 0.238 e. The first-order valence-corrected chi connectivity index (χ1v) is 14.0. The molecule has 0 unspecified atom stereocenters. The van der Waals surface area contributed by atoms with Crippen LogP contribution in [0.4, 0.5) is 0 Å². The Morgan fingerprint density at radius 1 is 1.19 bits per heavy atom. The summed E-state index contributed by atoms with van der Waals surface area (Å²) in [5.41, 5.74) is 2.15. The monoisotopic (exact) mass is 409 g/mol. The first-order valence-electron chi connectivity index (χ1n) is 9.90. The van der Waals surface area contributed by atoms with Crippen LogP contribution in [0.3, 0.4) is 0 Å². The first kappa shape index (κ1) is 20.6. The number of hydrogen-bond donors (Lipinski definition) is 0. The molecule has 0 bridgehead atoms. The van der Waals surface area contributed by atoms with Gasteiger partial charge in [0.1, 0.15) is 12.2 Å². The molecule has 7 heteroatoms. The molecule has 0 aromatic carbocycles. The van der Waals surface area contributed by atoms with Crippen LogP contribution in [0.15, 0.2) is 12.3 Å². The molecule has 0 amide bonds. The van der Waals surface area contributed by atoms with Gasteiger partial charge in [0.05, 0.1) is 18.3 Å². The van der Waals surface area contributed by atoms with Gasteiger partial charge in [-0.2, -0.15) is 0 Å². The highest BCUT2D eigenvalue weighted by Crippen LogP contribution is 2.33. The number of rotatable bonds is 8. The summed E-state index contributed by atoms with van der Waals surface area (Å²) in [5.74, 6) is 0.605. The van der Waals surface area contributed by atoms with E-state index in [2.05, 4.69) is 40.2 Å². The van der Waals surface area contributed by atoms with Crippen molar-refractivity contribution in [3.8, 4) is 5.88 Å². The number of hydrogen-bond acceptors (Lipinski definition) is 4. The van der Waals surface area contributed by atoms with Gasteiger partial charge in [0.25, 0.3) is 0 Å². The number of methoxy groups -OCH3 is 1. The molecule has 0 atom stereocenters. The third-order valence-corrected chi connectivity index (χ3v) is 7.19. The molecule has 0 aliphatic carbocycles. The molecule has 5 nitrogen and oxygen atoms in total. The molecular weight excluding hydrogens is 378 g/mol. The second-order valence-electron chi connectivity index (χ2n) is 8.63. The van der Waals surface area contributed by atoms with Crippen LogP contribution < -0.4 is 4.74 Å². The molecule has 3 rings (SSSR count). The van der Waals surface area contributed by atoms with E-state index in [-0.39, 0.29) is 0 Å². The molecule has 2 aromatic rings. The Morgan fingerprint density at radius 3 is 2.59 bits per heavy atom. The zero-order valence-corrected chi connectivity index (χ0v) is 18.8. The van der Waals surface area contributed by atoms with Crippen LogP contribution in [-0.4, -0.2) is 49.3 Å². The van der Waals surface area contributed by atoms with Crippen LogP contribution in [0.2, 0.25) is 30.7 Å². The Kier molecular flexibility index (Phi) is 6.84. The van der Waals surface area contributed by atoms with Crippen LogP contribution in [0.25, 0.3) is 10.9 Å². The number of pyridine rings is 1. The quantitative estimate of drug-likeness (QED) is 0.454. The number of halogens is 1. The molecule has 3 heterocycles. The van der Waals surface area contributed by atoms with Crippen LogP contribution in [0.1, 0.15) is 25.0 Å². The number of piperidine rings is 1. The van der Waals surface area contributed by atoms with Crippen LogP contribution >= 0.6 is 11.6 Å². The van der Waals surface area contributed by atoms with Crippen molar-refractivity contribution in [2.75, 3.05) is 26.8 Å². The van der Waals surface area contributed by atoms with Crippen molar-refractivity contribution >= 4 is 30.6 Å². The third kappa shape index (κ3) is 5.25. The smallest absolute Gasteiger partial charge is 0.238 e. The molecule has 2 aromatic heterocycles. The highest BCUT2D eigenvalue weighted by atomic mass is 35.5. The molecule has 0 spiro atoms. The van der Waals surface area contributed by atoms with Gasteiger partial charge in [-0.25, -0.2) is 4.98 Å².